The molecule has 2 aliphatic heterocycles. The molecule has 0 spiro atoms. The van der Waals surface area contributed by atoms with Crippen molar-refractivity contribution in [1.82, 2.24) is 19.9 Å². The van der Waals surface area contributed by atoms with Crippen LogP contribution in [0.2, 0.25) is 0 Å². The number of hydrogen-bond donors (Lipinski definition) is 2. The van der Waals surface area contributed by atoms with Crippen molar-refractivity contribution in [2.75, 3.05) is 0 Å². The van der Waals surface area contributed by atoms with Crippen LogP contribution in [0, 0.1) is 0 Å². The molecule has 162 valence electrons. The fourth-order valence-electron chi connectivity index (χ4n) is 4.59. The first-order chi connectivity index (χ1) is 15.6. The molecule has 3 aromatic heterocycles. The summed E-state index contributed by atoms with van der Waals surface area (Å²) in [5.41, 5.74) is 13.6. The molecule has 5 heterocycles. The normalized spacial score (nSPS) is 13.2. The van der Waals surface area contributed by atoms with E-state index >= 15 is 0 Å². The predicted octanol–water partition coefficient (Wildman–Crippen LogP) is 7.34. The van der Waals surface area contributed by atoms with Crippen molar-refractivity contribution >= 4 is 45.4 Å². The summed E-state index contributed by atoms with van der Waals surface area (Å²) in [4.78, 5) is 17.2. The van der Waals surface area contributed by atoms with E-state index in [1.165, 1.54) is 22.3 Å². The summed E-state index contributed by atoms with van der Waals surface area (Å²) in [6, 6.07) is 13.1. The number of nitrogens with zero attached hydrogens (tertiary/aromatic N) is 2. The smallest absolute Gasteiger partial charge is 0.0875 e. The Balaban J connectivity index is 1.89. The van der Waals surface area contributed by atoms with E-state index in [2.05, 4.69) is 86.2 Å². The van der Waals surface area contributed by atoms with Gasteiger partial charge in [0.05, 0.1) is 33.8 Å². The van der Waals surface area contributed by atoms with Gasteiger partial charge in [0.25, 0.3) is 0 Å². The minimum atomic E-state index is 0.950. The lowest BCUT2D eigenvalue weighted by atomic mass is 10.1. The average molecular weight is 423 g/mol. The number of hydrogen-bond acceptors (Lipinski definition) is 2. The zero-order chi connectivity index (χ0) is 22.2. The van der Waals surface area contributed by atoms with Crippen LogP contribution in [0.25, 0.3) is 45.4 Å². The van der Waals surface area contributed by atoms with Crippen molar-refractivity contribution in [2.45, 2.75) is 53.4 Å². The molecule has 0 saturated carbocycles. The molecular formula is C28H30N4. The zero-order valence-electron chi connectivity index (χ0n) is 19.3. The molecule has 5 rings (SSSR count). The van der Waals surface area contributed by atoms with E-state index in [1.54, 1.807) is 0 Å². The maximum absolute atomic E-state index is 4.98. The van der Waals surface area contributed by atoms with Gasteiger partial charge in [0.1, 0.15) is 0 Å². The van der Waals surface area contributed by atoms with E-state index in [4.69, 9.17) is 9.97 Å². The van der Waals surface area contributed by atoms with E-state index in [9.17, 15) is 0 Å². The van der Waals surface area contributed by atoms with Gasteiger partial charge >= 0.3 is 0 Å². The van der Waals surface area contributed by atoms with Crippen molar-refractivity contribution in [2.24, 2.45) is 0 Å². The largest absolute Gasteiger partial charge is 0.354 e. The zero-order valence-corrected chi connectivity index (χ0v) is 19.3. The molecule has 2 N–H and O–H groups in total. The van der Waals surface area contributed by atoms with E-state index in [1.807, 2.05) is 0 Å². The average Bonchev–Trinajstić information content (AvgIpc) is 3.58. The van der Waals surface area contributed by atoms with Crippen LogP contribution in [-0.4, -0.2) is 19.9 Å². The number of aromatic amines is 2. The highest BCUT2D eigenvalue weighted by atomic mass is 14.8. The Kier molecular flexibility index (Phi) is 5.30. The topological polar surface area (TPSA) is 57.4 Å². The Morgan fingerprint density at radius 2 is 1.00 bits per heavy atom. The van der Waals surface area contributed by atoms with Crippen LogP contribution in [0.15, 0.2) is 36.4 Å². The molecule has 4 heteroatoms. The maximum Gasteiger partial charge on any atom is 0.0875 e. The first kappa shape index (κ1) is 20.5. The molecule has 0 aliphatic carbocycles. The van der Waals surface area contributed by atoms with Crippen LogP contribution in [0.5, 0.6) is 0 Å². The highest BCUT2D eigenvalue weighted by Crippen LogP contribution is 2.30. The second-order valence-electron chi connectivity index (χ2n) is 8.43. The summed E-state index contributed by atoms with van der Waals surface area (Å²) in [5.74, 6) is 0. The van der Waals surface area contributed by atoms with Gasteiger partial charge < -0.3 is 9.97 Å². The van der Waals surface area contributed by atoms with Crippen LogP contribution >= 0.6 is 0 Å². The predicted molar refractivity (Wildman–Crippen MR) is 136 cm³/mol. The van der Waals surface area contributed by atoms with E-state index in [0.29, 0.717) is 0 Å². The fraction of sp³-hybridized carbons (Fsp3) is 0.286. The molecule has 0 radical (unpaired) electrons. The maximum atomic E-state index is 4.98. The molecule has 0 aromatic carbocycles. The minimum absolute atomic E-state index is 0.950. The lowest BCUT2D eigenvalue weighted by Gasteiger charge is -1.96. The Hall–Kier alpha value is -3.40. The van der Waals surface area contributed by atoms with E-state index in [0.717, 1.165) is 70.5 Å². The van der Waals surface area contributed by atoms with Crippen LogP contribution < -0.4 is 0 Å². The Morgan fingerprint density at radius 3 is 1.38 bits per heavy atom. The van der Waals surface area contributed by atoms with Gasteiger partial charge in [-0.2, -0.15) is 0 Å². The van der Waals surface area contributed by atoms with Gasteiger partial charge in [0, 0.05) is 11.0 Å². The lowest BCUT2D eigenvalue weighted by Crippen LogP contribution is -1.82. The van der Waals surface area contributed by atoms with E-state index in [-0.39, 0.29) is 0 Å². The SMILES string of the molecule is CCC1=Cc2nc1ccc1nc(c3cc(CC)c(ccc4[nH]c2cc4CC)[nH]3)C=C1CC. The van der Waals surface area contributed by atoms with E-state index < -0.39 is 0 Å². The third-order valence-corrected chi connectivity index (χ3v) is 6.52. The van der Waals surface area contributed by atoms with Gasteiger partial charge in [-0.3, -0.25) is 0 Å². The number of rotatable bonds is 4. The van der Waals surface area contributed by atoms with Gasteiger partial charge in [-0.05, 0) is 96.5 Å². The Morgan fingerprint density at radius 1 is 0.562 bits per heavy atom. The van der Waals surface area contributed by atoms with Gasteiger partial charge in [0.2, 0.25) is 0 Å². The molecule has 0 saturated heterocycles. The molecular weight excluding hydrogens is 392 g/mol. The molecule has 4 nitrogen and oxygen atoms in total. The third-order valence-electron chi connectivity index (χ3n) is 6.52. The molecule has 0 unspecified atom stereocenters. The van der Waals surface area contributed by atoms with Crippen LogP contribution in [-0.2, 0) is 12.8 Å². The van der Waals surface area contributed by atoms with Crippen LogP contribution in [0.4, 0.5) is 0 Å². The standard InChI is InChI=1S/C28H30N4/c1-5-17-13-25-26-14-18(6-2)23(30-26)11-12-24-20(8-4)16-28(32-24)27-15-19(7-3)22(31-27)10-9-21(17)29-25/h9-16,29,31H,5-8H2,1-4H3. The number of aromatic nitrogens is 4. The van der Waals surface area contributed by atoms with Crippen molar-refractivity contribution in [3.63, 3.8) is 0 Å². The summed E-state index contributed by atoms with van der Waals surface area (Å²) in [7, 11) is 0. The molecule has 0 atom stereocenters. The summed E-state index contributed by atoms with van der Waals surface area (Å²) < 4.78 is 0. The molecule has 3 aromatic rings. The highest BCUT2D eigenvalue weighted by Gasteiger charge is 2.14. The second-order valence-corrected chi connectivity index (χ2v) is 8.43. The Labute approximate surface area is 189 Å². The monoisotopic (exact) mass is 422 g/mol. The first-order valence-electron chi connectivity index (χ1n) is 11.8. The quantitative estimate of drug-likeness (QED) is 0.462. The molecule has 32 heavy (non-hydrogen) atoms. The summed E-state index contributed by atoms with van der Waals surface area (Å²) >= 11 is 0. The van der Waals surface area contributed by atoms with Gasteiger partial charge in [0.15, 0.2) is 0 Å². The van der Waals surface area contributed by atoms with Crippen LogP contribution in [0.3, 0.4) is 0 Å². The molecule has 0 fully saturated rings. The van der Waals surface area contributed by atoms with Gasteiger partial charge in [-0.25, -0.2) is 9.97 Å². The first-order valence-corrected chi connectivity index (χ1v) is 11.8. The third kappa shape index (κ3) is 3.50. The number of aryl methyl sites for hydroxylation is 2. The summed E-state index contributed by atoms with van der Waals surface area (Å²) in [6.45, 7) is 8.77. The van der Waals surface area contributed by atoms with Gasteiger partial charge in [-0.1, -0.05) is 27.7 Å². The molecule has 8 bridgehead atoms. The molecule has 2 aliphatic rings. The van der Waals surface area contributed by atoms with Crippen molar-refractivity contribution in [3.05, 3.63) is 70.3 Å². The highest BCUT2D eigenvalue weighted by molar-refractivity contribution is 5.90. The second kappa shape index (κ2) is 8.27. The lowest BCUT2D eigenvalue weighted by molar-refractivity contribution is 1.16. The van der Waals surface area contributed by atoms with Crippen molar-refractivity contribution in [1.29, 1.82) is 0 Å². The number of fused-ring (bicyclic) bond motifs is 10. The summed E-state index contributed by atoms with van der Waals surface area (Å²) in [5, 5.41) is 0. The number of nitrogens with one attached hydrogen (secondary N) is 2. The Bertz CT molecular complexity index is 1300. The number of allylic oxidation sites excluding steroid dienone is 2. The molecule has 0 amide bonds. The number of H-pyrrole nitrogens is 2. The minimum Gasteiger partial charge on any atom is -0.354 e. The van der Waals surface area contributed by atoms with Crippen LogP contribution in [0.1, 0.15) is 74.4 Å². The van der Waals surface area contributed by atoms with Crippen molar-refractivity contribution in [3.8, 4) is 0 Å². The fourth-order valence-corrected chi connectivity index (χ4v) is 4.59. The van der Waals surface area contributed by atoms with Gasteiger partial charge in [-0.15, -0.1) is 0 Å². The summed E-state index contributed by atoms with van der Waals surface area (Å²) in [6.07, 6.45) is 8.28. The van der Waals surface area contributed by atoms with Crippen molar-refractivity contribution < 1.29 is 0 Å².